The normalized spacial score (nSPS) is 10.3. The van der Waals surface area contributed by atoms with E-state index < -0.39 is 5.97 Å². The third kappa shape index (κ3) is 2.98. The molecule has 0 fully saturated rings. The van der Waals surface area contributed by atoms with Crippen LogP contribution in [0.5, 0.6) is 0 Å². The summed E-state index contributed by atoms with van der Waals surface area (Å²) in [6, 6.07) is 15.7. The Hall–Kier alpha value is -2.97. The van der Waals surface area contributed by atoms with Crippen LogP contribution in [-0.4, -0.2) is 16.1 Å². The number of benzene rings is 2. The maximum Gasteiger partial charge on any atom is 0.347 e. The average Bonchev–Trinajstić information content (AvgIpc) is 3.05. The predicted octanol–water partition coefficient (Wildman–Crippen LogP) is 4.36. The molecule has 1 aromatic heterocycles. The number of nitriles is 1. The summed E-state index contributed by atoms with van der Waals surface area (Å²) in [5.74, 6) is -0.995. The van der Waals surface area contributed by atoms with Crippen molar-refractivity contribution >= 4 is 17.3 Å². The van der Waals surface area contributed by atoms with E-state index in [-0.39, 0.29) is 4.88 Å². The molecule has 0 saturated heterocycles. The highest BCUT2D eigenvalue weighted by Gasteiger charge is 2.12. The van der Waals surface area contributed by atoms with Crippen molar-refractivity contribution in [2.24, 2.45) is 0 Å². The summed E-state index contributed by atoms with van der Waals surface area (Å²) in [6.07, 6.45) is 1.34. The van der Waals surface area contributed by atoms with Gasteiger partial charge in [-0.05, 0) is 24.1 Å². The van der Waals surface area contributed by atoms with Gasteiger partial charge < -0.3 is 5.11 Å². The Morgan fingerprint density at radius 1 is 1.17 bits per heavy atom. The minimum Gasteiger partial charge on any atom is -0.477 e. The van der Waals surface area contributed by atoms with Crippen LogP contribution < -0.4 is 0 Å². The van der Waals surface area contributed by atoms with Crippen LogP contribution in [-0.2, 0) is 0 Å². The van der Waals surface area contributed by atoms with Gasteiger partial charge in [-0.15, -0.1) is 11.3 Å². The molecule has 0 atom stereocenters. The maximum atomic E-state index is 11.0. The number of aryl methyl sites for hydroxylation is 1. The largest absolute Gasteiger partial charge is 0.477 e. The fourth-order valence-corrected chi connectivity index (χ4v) is 3.01. The lowest BCUT2D eigenvalue weighted by Crippen LogP contribution is -1.89. The number of aromatic carboxylic acids is 1. The van der Waals surface area contributed by atoms with E-state index in [0.29, 0.717) is 10.6 Å². The highest BCUT2D eigenvalue weighted by molar-refractivity contribution is 7.16. The molecule has 0 spiro atoms. The predicted molar refractivity (Wildman–Crippen MR) is 89.4 cm³/mol. The van der Waals surface area contributed by atoms with E-state index in [0.717, 1.165) is 33.6 Å². The van der Waals surface area contributed by atoms with E-state index in [1.54, 1.807) is 6.07 Å². The van der Waals surface area contributed by atoms with Gasteiger partial charge in [-0.3, -0.25) is 0 Å². The molecule has 2 aromatic carbocycles. The van der Waals surface area contributed by atoms with Crippen LogP contribution in [0, 0.1) is 18.3 Å². The third-order valence-corrected chi connectivity index (χ3v) is 4.50. The summed E-state index contributed by atoms with van der Waals surface area (Å²) in [5.41, 5.74) is 4.27. The van der Waals surface area contributed by atoms with Crippen LogP contribution in [0.4, 0.5) is 0 Å². The molecule has 0 bridgehead atoms. The van der Waals surface area contributed by atoms with Crippen LogP contribution in [0.1, 0.15) is 20.8 Å². The van der Waals surface area contributed by atoms with Gasteiger partial charge in [-0.2, -0.15) is 5.26 Å². The van der Waals surface area contributed by atoms with Gasteiger partial charge >= 0.3 is 5.97 Å². The molecule has 3 rings (SSSR count). The second-order valence-electron chi connectivity index (χ2n) is 5.07. The van der Waals surface area contributed by atoms with E-state index in [4.69, 9.17) is 5.11 Å². The van der Waals surface area contributed by atoms with Crippen LogP contribution in [0.3, 0.4) is 0 Å². The lowest BCUT2D eigenvalue weighted by atomic mass is 9.97. The minimum atomic E-state index is -0.995. The Kier molecular flexibility index (Phi) is 3.92. The number of aromatic nitrogens is 1. The molecule has 0 amide bonds. The van der Waals surface area contributed by atoms with Crippen LogP contribution >= 0.6 is 11.3 Å². The maximum absolute atomic E-state index is 11.0. The molecule has 0 radical (unpaired) electrons. The number of hydrogen-bond donors (Lipinski definition) is 1. The van der Waals surface area contributed by atoms with Crippen molar-refractivity contribution < 1.29 is 9.90 Å². The molecule has 4 nitrogen and oxygen atoms in total. The molecule has 0 saturated carbocycles. The first-order valence-electron chi connectivity index (χ1n) is 6.89. The van der Waals surface area contributed by atoms with Crippen molar-refractivity contribution in [3.63, 3.8) is 0 Å². The molecular weight excluding hydrogens is 308 g/mol. The SMILES string of the molecule is Cc1ccc(-c2ccc(-c3ncc(C(=O)O)s3)cc2C#N)cc1. The summed E-state index contributed by atoms with van der Waals surface area (Å²) >= 11 is 1.10. The lowest BCUT2D eigenvalue weighted by Gasteiger charge is -2.06. The van der Waals surface area contributed by atoms with E-state index in [9.17, 15) is 10.1 Å². The highest BCUT2D eigenvalue weighted by Crippen LogP contribution is 2.31. The molecule has 3 aromatic rings. The van der Waals surface area contributed by atoms with Crippen molar-refractivity contribution in [1.82, 2.24) is 4.98 Å². The van der Waals surface area contributed by atoms with Crippen LogP contribution in [0.2, 0.25) is 0 Å². The number of rotatable bonds is 3. The van der Waals surface area contributed by atoms with E-state index in [2.05, 4.69) is 11.1 Å². The quantitative estimate of drug-likeness (QED) is 0.778. The smallest absolute Gasteiger partial charge is 0.347 e. The first-order valence-corrected chi connectivity index (χ1v) is 7.71. The monoisotopic (exact) mass is 320 g/mol. The Labute approximate surface area is 137 Å². The fraction of sp³-hybridized carbons (Fsp3) is 0.0556. The van der Waals surface area contributed by atoms with Crippen molar-refractivity contribution in [3.05, 3.63) is 64.7 Å². The molecule has 112 valence electrons. The highest BCUT2D eigenvalue weighted by atomic mass is 32.1. The molecule has 5 heteroatoms. The number of carbonyl (C=O) groups is 1. The Balaban J connectivity index is 2.04. The molecule has 0 aliphatic carbocycles. The molecule has 0 unspecified atom stereocenters. The standard InChI is InChI=1S/C18H12N2O2S/c1-11-2-4-12(5-3-11)15-7-6-13(8-14(15)9-19)17-20-10-16(23-17)18(21)22/h2-8,10H,1H3,(H,21,22). The molecule has 0 aliphatic rings. The Morgan fingerprint density at radius 3 is 2.48 bits per heavy atom. The first kappa shape index (κ1) is 14.9. The second kappa shape index (κ2) is 6.03. The number of nitrogens with zero attached hydrogens (tertiary/aromatic N) is 2. The van der Waals surface area contributed by atoms with E-state index in [1.165, 1.54) is 6.20 Å². The van der Waals surface area contributed by atoms with Crippen molar-refractivity contribution in [1.29, 1.82) is 5.26 Å². The number of carboxylic acids is 1. The first-order chi connectivity index (χ1) is 11.1. The second-order valence-corrected chi connectivity index (χ2v) is 6.10. The van der Waals surface area contributed by atoms with E-state index >= 15 is 0 Å². The molecule has 23 heavy (non-hydrogen) atoms. The summed E-state index contributed by atoms with van der Waals surface area (Å²) in [5, 5.41) is 19.0. The zero-order chi connectivity index (χ0) is 16.4. The lowest BCUT2D eigenvalue weighted by molar-refractivity contribution is 0.0702. The molecular formula is C18H12N2O2S. The van der Waals surface area contributed by atoms with Gasteiger partial charge in [0.05, 0.1) is 17.8 Å². The van der Waals surface area contributed by atoms with Crippen molar-refractivity contribution in [2.75, 3.05) is 0 Å². The van der Waals surface area contributed by atoms with Gasteiger partial charge in [-0.25, -0.2) is 9.78 Å². The number of thiazole rings is 1. The molecule has 0 aliphatic heterocycles. The van der Waals surface area contributed by atoms with Gasteiger partial charge in [0.1, 0.15) is 9.88 Å². The molecule has 1 N–H and O–H groups in total. The Bertz CT molecular complexity index is 921. The zero-order valence-corrected chi connectivity index (χ0v) is 13.1. The van der Waals surface area contributed by atoms with Gasteiger partial charge in [0.2, 0.25) is 0 Å². The fourth-order valence-electron chi connectivity index (χ4n) is 2.26. The van der Waals surface area contributed by atoms with Crippen molar-refractivity contribution in [2.45, 2.75) is 6.92 Å². The van der Waals surface area contributed by atoms with Gasteiger partial charge in [0, 0.05) is 5.56 Å². The summed E-state index contributed by atoms with van der Waals surface area (Å²) in [4.78, 5) is 15.3. The Morgan fingerprint density at radius 2 is 1.87 bits per heavy atom. The van der Waals surface area contributed by atoms with Gasteiger partial charge in [-0.1, -0.05) is 42.0 Å². The summed E-state index contributed by atoms with van der Waals surface area (Å²) in [7, 11) is 0. The molecule has 1 heterocycles. The number of carboxylic acid groups (broad SMARTS) is 1. The minimum absolute atomic E-state index is 0.182. The zero-order valence-electron chi connectivity index (χ0n) is 12.3. The summed E-state index contributed by atoms with van der Waals surface area (Å²) in [6.45, 7) is 2.01. The number of hydrogen-bond acceptors (Lipinski definition) is 4. The van der Waals surface area contributed by atoms with Crippen LogP contribution in [0.15, 0.2) is 48.7 Å². The van der Waals surface area contributed by atoms with Crippen molar-refractivity contribution in [3.8, 4) is 27.8 Å². The van der Waals surface area contributed by atoms with Crippen LogP contribution in [0.25, 0.3) is 21.7 Å². The summed E-state index contributed by atoms with van der Waals surface area (Å²) < 4.78 is 0. The third-order valence-electron chi connectivity index (χ3n) is 3.47. The topological polar surface area (TPSA) is 74.0 Å². The average molecular weight is 320 g/mol. The van der Waals surface area contributed by atoms with Gasteiger partial charge in [0.15, 0.2) is 0 Å². The van der Waals surface area contributed by atoms with E-state index in [1.807, 2.05) is 43.3 Å². The van der Waals surface area contributed by atoms with Gasteiger partial charge in [0.25, 0.3) is 0 Å².